The molecule has 1 saturated carbocycles. The predicted molar refractivity (Wildman–Crippen MR) is 113 cm³/mol. The van der Waals surface area contributed by atoms with Crippen LogP contribution in [-0.4, -0.2) is 58.7 Å². The molecule has 0 radical (unpaired) electrons. The number of pyridine rings is 2. The topological polar surface area (TPSA) is 89.5 Å². The van der Waals surface area contributed by atoms with Crippen molar-refractivity contribution in [3.8, 4) is 0 Å². The number of nitrogens with zero attached hydrogens (tertiary/aromatic N) is 3. The fourth-order valence-electron chi connectivity index (χ4n) is 4.44. The summed E-state index contributed by atoms with van der Waals surface area (Å²) >= 11 is 0. The second kappa shape index (κ2) is 6.77. The van der Waals surface area contributed by atoms with Gasteiger partial charge in [-0.15, -0.1) is 0 Å². The summed E-state index contributed by atoms with van der Waals surface area (Å²) in [7, 11) is 2.07. The van der Waals surface area contributed by atoms with Gasteiger partial charge in [0.15, 0.2) is 0 Å². The lowest BCUT2D eigenvalue weighted by Crippen LogP contribution is -2.50. The van der Waals surface area contributed by atoms with Gasteiger partial charge in [-0.05, 0) is 50.4 Å². The van der Waals surface area contributed by atoms with E-state index in [2.05, 4.69) is 28.8 Å². The molecule has 1 aliphatic heterocycles. The van der Waals surface area contributed by atoms with E-state index in [4.69, 9.17) is 0 Å². The highest BCUT2D eigenvalue weighted by Gasteiger charge is 2.31. The Morgan fingerprint density at radius 3 is 2.73 bits per heavy atom. The zero-order chi connectivity index (χ0) is 21.2. The summed E-state index contributed by atoms with van der Waals surface area (Å²) in [6.07, 6.45) is 2.98. The van der Waals surface area contributed by atoms with Crippen LogP contribution in [0.3, 0.4) is 0 Å². The number of hydrogen-bond acceptors (Lipinski definition) is 5. The van der Waals surface area contributed by atoms with Crippen LogP contribution in [0, 0.1) is 5.82 Å². The van der Waals surface area contributed by atoms with Crippen LogP contribution in [0.4, 0.5) is 10.1 Å². The van der Waals surface area contributed by atoms with E-state index in [1.807, 2.05) is 4.90 Å². The van der Waals surface area contributed by atoms with E-state index in [9.17, 15) is 14.7 Å². The van der Waals surface area contributed by atoms with Crippen LogP contribution in [0.25, 0.3) is 21.9 Å². The molecule has 1 atom stereocenters. The third-order valence-electron chi connectivity index (χ3n) is 6.44. The van der Waals surface area contributed by atoms with Gasteiger partial charge < -0.3 is 19.9 Å². The van der Waals surface area contributed by atoms with Crippen molar-refractivity contribution in [1.29, 1.82) is 0 Å². The quantitative estimate of drug-likeness (QED) is 0.646. The van der Waals surface area contributed by atoms with Crippen LogP contribution < -0.4 is 10.3 Å². The number of aromatic nitrogens is 2. The van der Waals surface area contributed by atoms with E-state index in [0.29, 0.717) is 28.3 Å². The first-order valence-corrected chi connectivity index (χ1v) is 10.2. The molecular weight excluding hydrogens is 387 g/mol. The Morgan fingerprint density at radius 1 is 1.30 bits per heavy atom. The van der Waals surface area contributed by atoms with Gasteiger partial charge in [-0.25, -0.2) is 14.2 Å². The summed E-state index contributed by atoms with van der Waals surface area (Å²) in [4.78, 5) is 36.1. The summed E-state index contributed by atoms with van der Waals surface area (Å²) in [5.41, 5.74) is 1.31. The molecule has 8 heteroatoms. The van der Waals surface area contributed by atoms with Crippen molar-refractivity contribution in [2.24, 2.45) is 0 Å². The highest BCUT2D eigenvalue weighted by molar-refractivity contribution is 6.00. The van der Waals surface area contributed by atoms with Gasteiger partial charge in [0.2, 0.25) is 5.43 Å². The van der Waals surface area contributed by atoms with Crippen LogP contribution in [-0.2, 0) is 0 Å². The molecule has 2 aliphatic rings. The Morgan fingerprint density at radius 2 is 2.07 bits per heavy atom. The zero-order valence-electron chi connectivity index (χ0n) is 16.9. The standard InChI is InChI=1S/C22H23FN4O3/c1-11-10-27(6-5-26(11)2)17-8-16-13(7-15(17)23)18(12-3-4-12)19-20(28)14(22(29)30)9-24-21(19)25-16/h7-9,11-12H,3-6,10H2,1-2H3,(H,29,30)(H,24,25,28). The highest BCUT2D eigenvalue weighted by Crippen LogP contribution is 2.46. The van der Waals surface area contributed by atoms with Gasteiger partial charge in [-0.1, -0.05) is 0 Å². The smallest absolute Gasteiger partial charge is 0.341 e. The lowest BCUT2D eigenvalue weighted by molar-refractivity contribution is 0.0695. The normalized spacial score (nSPS) is 20.2. The molecule has 5 rings (SSSR count). The van der Waals surface area contributed by atoms with Gasteiger partial charge in [-0.3, -0.25) is 4.79 Å². The van der Waals surface area contributed by atoms with Crippen LogP contribution in [0.5, 0.6) is 0 Å². The molecule has 30 heavy (non-hydrogen) atoms. The van der Waals surface area contributed by atoms with Gasteiger partial charge in [0.1, 0.15) is 17.0 Å². The minimum Gasteiger partial charge on any atom is -0.477 e. The number of H-pyrrole nitrogens is 1. The number of likely N-dealkylation sites (N-methyl/N-ethyl adjacent to an activating group) is 1. The summed E-state index contributed by atoms with van der Waals surface area (Å²) in [6.45, 7) is 4.42. The van der Waals surface area contributed by atoms with Crippen molar-refractivity contribution in [2.45, 2.75) is 31.7 Å². The van der Waals surface area contributed by atoms with Crippen molar-refractivity contribution < 1.29 is 14.3 Å². The number of carbonyl (C=O) groups is 1. The number of piperazine rings is 1. The molecule has 0 spiro atoms. The third-order valence-corrected chi connectivity index (χ3v) is 6.44. The SMILES string of the molecule is CC1CN(c2cc3nc4[nH]cc(C(=O)O)c(=O)c4c(C4CC4)c3cc2F)CCN1C. The van der Waals surface area contributed by atoms with E-state index < -0.39 is 11.4 Å². The van der Waals surface area contributed by atoms with E-state index in [0.717, 1.165) is 38.0 Å². The first-order chi connectivity index (χ1) is 14.3. The molecule has 1 saturated heterocycles. The van der Waals surface area contributed by atoms with Crippen molar-refractivity contribution in [3.05, 3.63) is 45.5 Å². The molecule has 0 amide bonds. The lowest BCUT2D eigenvalue weighted by atomic mass is 9.98. The Bertz CT molecular complexity index is 1250. The minimum absolute atomic E-state index is 0.122. The molecule has 7 nitrogen and oxygen atoms in total. The van der Waals surface area contributed by atoms with Crippen molar-refractivity contribution in [2.75, 3.05) is 31.6 Å². The molecule has 1 aromatic carbocycles. The molecule has 1 unspecified atom stereocenters. The van der Waals surface area contributed by atoms with Gasteiger partial charge in [0, 0.05) is 37.3 Å². The number of aromatic carboxylic acids is 1. The first kappa shape index (κ1) is 19.0. The maximum atomic E-state index is 15.2. The van der Waals surface area contributed by atoms with Crippen LogP contribution in [0.1, 0.15) is 41.6 Å². The molecule has 156 valence electrons. The summed E-state index contributed by atoms with van der Waals surface area (Å²) < 4.78 is 15.2. The lowest BCUT2D eigenvalue weighted by Gasteiger charge is -2.39. The largest absolute Gasteiger partial charge is 0.477 e. The number of anilines is 1. The molecule has 3 aromatic rings. The maximum Gasteiger partial charge on any atom is 0.341 e. The van der Waals surface area contributed by atoms with Gasteiger partial charge in [0.05, 0.1) is 16.6 Å². The molecule has 1 aliphatic carbocycles. The number of carboxylic acid groups (broad SMARTS) is 1. The second-order valence-corrected chi connectivity index (χ2v) is 8.46. The Labute approximate surface area is 172 Å². The monoisotopic (exact) mass is 410 g/mol. The van der Waals surface area contributed by atoms with Crippen LogP contribution in [0.15, 0.2) is 23.1 Å². The number of benzene rings is 1. The van der Waals surface area contributed by atoms with Crippen molar-refractivity contribution in [3.63, 3.8) is 0 Å². The number of fused-ring (bicyclic) bond motifs is 2. The zero-order valence-corrected chi connectivity index (χ0v) is 16.9. The third kappa shape index (κ3) is 2.94. The Hall–Kier alpha value is -3.00. The fraction of sp³-hybridized carbons (Fsp3) is 0.409. The van der Waals surface area contributed by atoms with E-state index >= 15 is 4.39 Å². The number of carboxylic acids is 1. The molecular formula is C22H23FN4O3. The first-order valence-electron chi connectivity index (χ1n) is 10.2. The Balaban J connectivity index is 1.74. The number of aromatic amines is 1. The average Bonchev–Trinajstić information content (AvgIpc) is 3.53. The summed E-state index contributed by atoms with van der Waals surface area (Å²) in [5, 5.41) is 10.2. The summed E-state index contributed by atoms with van der Waals surface area (Å²) in [5.74, 6) is -1.50. The van der Waals surface area contributed by atoms with Crippen molar-refractivity contribution in [1.82, 2.24) is 14.9 Å². The number of halogens is 1. The molecule has 3 heterocycles. The van der Waals surface area contributed by atoms with E-state index in [-0.39, 0.29) is 22.7 Å². The second-order valence-electron chi connectivity index (χ2n) is 8.46. The van der Waals surface area contributed by atoms with E-state index in [1.165, 1.54) is 12.3 Å². The van der Waals surface area contributed by atoms with E-state index in [1.54, 1.807) is 6.07 Å². The van der Waals surface area contributed by atoms with Gasteiger partial charge in [-0.2, -0.15) is 0 Å². The number of rotatable bonds is 3. The van der Waals surface area contributed by atoms with Crippen LogP contribution >= 0.6 is 0 Å². The summed E-state index contributed by atoms with van der Waals surface area (Å²) in [6, 6.07) is 3.55. The average molecular weight is 410 g/mol. The number of hydrogen-bond donors (Lipinski definition) is 2. The molecule has 2 N–H and O–H groups in total. The number of nitrogens with one attached hydrogen (secondary N) is 1. The minimum atomic E-state index is -1.29. The van der Waals surface area contributed by atoms with Crippen molar-refractivity contribution >= 4 is 33.6 Å². The maximum absolute atomic E-state index is 15.2. The van der Waals surface area contributed by atoms with Crippen LogP contribution in [0.2, 0.25) is 0 Å². The predicted octanol–water partition coefficient (Wildman–Crippen LogP) is 2.93. The highest BCUT2D eigenvalue weighted by atomic mass is 19.1. The molecule has 0 bridgehead atoms. The molecule has 2 fully saturated rings. The molecule has 2 aromatic heterocycles. The van der Waals surface area contributed by atoms with Gasteiger partial charge in [0.25, 0.3) is 0 Å². The van der Waals surface area contributed by atoms with Gasteiger partial charge >= 0.3 is 5.97 Å². The fourth-order valence-corrected chi connectivity index (χ4v) is 4.44. The Kier molecular flexibility index (Phi) is 4.28.